The van der Waals surface area contributed by atoms with Crippen LogP contribution in [0.4, 0.5) is 0 Å². The minimum absolute atomic E-state index is 0.0173. The van der Waals surface area contributed by atoms with Crippen LogP contribution in [0.3, 0.4) is 0 Å². The lowest BCUT2D eigenvalue weighted by Crippen LogP contribution is -2.33. The molecule has 0 bridgehead atoms. The third-order valence-corrected chi connectivity index (χ3v) is 4.31. The molecule has 3 rings (SSSR count). The van der Waals surface area contributed by atoms with E-state index < -0.39 is 0 Å². The lowest BCUT2D eigenvalue weighted by molar-refractivity contribution is -0.121. The van der Waals surface area contributed by atoms with E-state index in [-0.39, 0.29) is 5.91 Å². The van der Waals surface area contributed by atoms with Crippen molar-refractivity contribution in [3.63, 3.8) is 0 Å². The van der Waals surface area contributed by atoms with Gasteiger partial charge in [-0.1, -0.05) is 41.9 Å². The van der Waals surface area contributed by atoms with E-state index in [1.807, 2.05) is 48.3 Å². The highest BCUT2D eigenvalue weighted by Gasteiger charge is 2.14. The number of aromatic nitrogens is 2. The van der Waals surface area contributed by atoms with Crippen LogP contribution in [0, 0.1) is 0 Å². The van der Waals surface area contributed by atoms with Crippen LogP contribution in [-0.4, -0.2) is 41.0 Å². The first-order valence-corrected chi connectivity index (χ1v) is 8.52. The normalized spacial score (nSPS) is 11.2. The molecule has 0 aliphatic heterocycles. The number of amides is 1. The van der Waals surface area contributed by atoms with Crippen LogP contribution in [0.5, 0.6) is 0 Å². The molecule has 0 spiro atoms. The molecule has 0 aliphatic carbocycles. The van der Waals surface area contributed by atoms with Gasteiger partial charge >= 0.3 is 0 Å². The zero-order valence-electron chi connectivity index (χ0n) is 14.4. The fraction of sp³-hybridized carbons (Fsp3) is 0.263. The van der Waals surface area contributed by atoms with Crippen molar-refractivity contribution in [2.45, 2.75) is 13.1 Å². The molecular weight excluding hydrogens is 336 g/mol. The molecule has 5 nitrogen and oxygen atoms in total. The van der Waals surface area contributed by atoms with Crippen LogP contribution in [0.1, 0.15) is 11.4 Å². The van der Waals surface area contributed by atoms with Gasteiger partial charge in [0.1, 0.15) is 5.82 Å². The van der Waals surface area contributed by atoms with Gasteiger partial charge in [0.15, 0.2) is 0 Å². The smallest absolute Gasteiger partial charge is 0.233 e. The number of nitrogens with one attached hydrogen (secondary N) is 1. The molecule has 130 valence electrons. The molecule has 0 fully saturated rings. The summed E-state index contributed by atoms with van der Waals surface area (Å²) in [4.78, 5) is 18.3. The molecule has 6 heteroatoms. The highest BCUT2D eigenvalue weighted by Crippen LogP contribution is 2.22. The lowest BCUT2D eigenvalue weighted by Gasteiger charge is -2.16. The average molecular weight is 357 g/mol. The minimum Gasteiger partial charge on any atom is -0.358 e. The Morgan fingerprint density at radius 2 is 2.00 bits per heavy atom. The monoisotopic (exact) mass is 356 g/mol. The largest absolute Gasteiger partial charge is 0.358 e. The maximum absolute atomic E-state index is 11.6. The highest BCUT2D eigenvalue weighted by molar-refractivity contribution is 6.31. The minimum atomic E-state index is -0.0173. The molecule has 25 heavy (non-hydrogen) atoms. The van der Waals surface area contributed by atoms with Gasteiger partial charge in [-0.3, -0.25) is 9.69 Å². The Bertz CT molecular complexity index is 876. The van der Waals surface area contributed by atoms with E-state index in [1.165, 1.54) is 5.56 Å². The topological polar surface area (TPSA) is 50.2 Å². The number of rotatable bonds is 6. The van der Waals surface area contributed by atoms with Crippen molar-refractivity contribution >= 4 is 28.5 Å². The standard InChI is InChI=1S/C19H21ClN4O/c1-21-19(25)13-23(2)12-18-22-16-10-15(20)8-9-17(16)24(18)11-14-6-4-3-5-7-14/h3-10H,11-13H2,1-2H3,(H,21,25). The molecule has 3 aromatic rings. The summed E-state index contributed by atoms with van der Waals surface area (Å²) < 4.78 is 2.18. The molecule has 1 amide bonds. The predicted molar refractivity (Wildman–Crippen MR) is 101 cm³/mol. The maximum Gasteiger partial charge on any atom is 0.233 e. The van der Waals surface area contributed by atoms with E-state index in [0.717, 1.165) is 23.4 Å². The molecule has 1 N–H and O–H groups in total. The molecule has 0 atom stereocenters. The number of nitrogens with zero attached hydrogens (tertiary/aromatic N) is 3. The first-order valence-electron chi connectivity index (χ1n) is 8.14. The van der Waals surface area contributed by atoms with Crippen molar-refractivity contribution < 1.29 is 4.79 Å². The first-order chi connectivity index (χ1) is 12.1. The van der Waals surface area contributed by atoms with E-state index >= 15 is 0 Å². The number of carbonyl (C=O) groups is 1. The maximum atomic E-state index is 11.6. The van der Waals surface area contributed by atoms with Crippen LogP contribution in [0.15, 0.2) is 48.5 Å². The summed E-state index contributed by atoms with van der Waals surface area (Å²) in [6.07, 6.45) is 0. The Kier molecular flexibility index (Phi) is 5.36. The van der Waals surface area contributed by atoms with E-state index in [4.69, 9.17) is 16.6 Å². The quantitative estimate of drug-likeness (QED) is 0.738. The number of hydrogen-bond acceptors (Lipinski definition) is 3. The third-order valence-electron chi connectivity index (χ3n) is 4.08. The van der Waals surface area contributed by atoms with Crippen molar-refractivity contribution in [1.29, 1.82) is 0 Å². The first kappa shape index (κ1) is 17.5. The number of likely N-dealkylation sites (N-methyl/N-ethyl adjacent to an activating group) is 2. The van der Waals surface area contributed by atoms with Crippen LogP contribution >= 0.6 is 11.6 Å². The number of benzene rings is 2. The molecule has 2 aromatic carbocycles. The van der Waals surface area contributed by atoms with E-state index in [0.29, 0.717) is 18.1 Å². The SMILES string of the molecule is CNC(=O)CN(C)Cc1nc2cc(Cl)ccc2n1Cc1ccccc1. The van der Waals surface area contributed by atoms with E-state index in [1.54, 1.807) is 7.05 Å². The predicted octanol–water partition coefficient (Wildman–Crippen LogP) is 2.92. The Morgan fingerprint density at radius 3 is 2.72 bits per heavy atom. The average Bonchev–Trinajstić information content (AvgIpc) is 2.91. The second-order valence-electron chi connectivity index (χ2n) is 6.08. The summed E-state index contributed by atoms with van der Waals surface area (Å²) in [6, 6.07) is 16.0. The number of imidazole rings is 1. The van der Waals surface area contributed by atoms with Gasteiger partial charge in [0.2, 0.25) is 5.91 Å². The van der Waals surface area contributed by atoms with Gasteiger partial charge in [-0.15, -0.1) is 0 Å². The van der Waals surface area contributed by atoms with Crippen LogP contribution < -0.4 is 5.32 Å². The fourth-order valence-corrected chi connectivity index (χ4v) is 3.00. The second-order valence-corrected chi connectivity index (χ2v) is 6.51. The van der Waals surface area contributed by atoms with Gasteiger partial charge in [-0.05, 0) is 30.8 Å². The molecule has 0 radical (unpaired) electrons. The van der Waals surface area contributed by atoms with Gasteiger partial charge in [-0.25, -0.2) is 4.98 Å². The Balaban J connectivity index is 1.95. The zero-order valence-corrected chi connectivity index (χ0v) is 15.1. The summed E-state index contributed by atoms with van der Waals surface area (Å²) in [5.41, 5.74) is 3.11. The number of halogens is 1. The molecule has 0 saturated heterocycles. The van der Waals surface area contributed by atoms with E-state index in [9.17, 15) is 4.79 Å². The molecule has 1 aromatic heterocycles. The van der Waals surface area contributed by atoms with Gasteiger partial charge < -0.3 is 9.88 Å². The van der Waals surface area contributed by atoms with Crippen molar-refractivity contribution in [2.75, 3.05) is 20.6 Å². The van der Waals surface area contributed by atoms with Crippen LogP contribution in [0.2, 0.25) is 5.02 Å². The number of hydrogen-bond donors (Lipinski definition) is 1. The third kappa shape index (κ3) is 4.18. The van der Waals surface area contributed by atoms with Gasteiger partial charge in [0, 0.05) is 18.6 Å². The van der Waals surface area contributed by atoms with Crippen LogP contribution in [-0.2, 0) is 17.9 Å². The zero-order chi connectivity index (χ0) is 17.8. The Labute approximate surface area is 152 Å². The second kappa shape index (κ2) is 7.68. The summed E-state index contributed by atoms with van der Waals surface area (Å²) in [5, 5.41) is 3.31. The van der Waals surface area contributed by atoms with Crippen molar-refractivity contribution in [1.82, 2.24) is 19.8 Å². The molecule has 0 aliphatic rings. The Morgan fingerprint density at radius 1 is 1.24 bits per heavy atom. The molecule has 0 unspecified atom stereocenters. The molecular formula is C19H21ClN4O. The van der Waals surface area contributed by atoms with Crippen molar-refractivity contribution in [3.8, 4) is 0 Å². The molecule has 1 heterocycles. The highest BCUT2D eigenvalue weighted by atomic mass is 35.5. The van der Waals surface area contributed by atoms with Crippen molar-refractivity contribution in [2.24, 2.45) is 0 Å². The van der Waals surface area contributed by atoms with E-state index in [2.05, 4.69) is 22.0 Å². The number of fused-ring (bicyclic) bond motifs is 1. The number of carbonyl (C=O) groups excluding carboxylic acids is 1. The molecule has 0 saturated carbocycles. The van der Waals surface area contributed by atoms with Gasteiger partial charge in [0.25, 0.3) is 0 Å². The lowest BCUT2D eigenvalue weighted by atomic mass is 10.2. The van der Waals surface area contributed by atoms with Gasteiger partial charge in [-0.2, -0.15) is 0 Å². The Hall–Kier alpha value is -2.37. The summed E-state index contributed by atoms with van der Waals surface area (Å²) >= 11 is 6.12. The van der Waals surface area contributed by atoms with Gasteiger partial charge in [0.05, 0.1) is 24.1 Å². The summed E-state index contributed by atoms with van der Waals surface area (Å²) in [5.74, 6) is 0.892. The fourth-order valence-electron chi connectivity index (χ4n) is 2.84. The summed E-state index contributed by atoms with van der Waals surface area (Å²) in [6.45, 7) is 1.63. The van der Waals surface area contributed by atoms with Crippen LogP contribution in [0.25, 0.3) is 11.0 Å². The van der Waals surface area contributed by atoms with Crippen molar-refractivity contribution in [3.05, 3.63) is 64.9 Å². The summed E-state index contributed by atoms with van der Waals surface area (Å²) in [7, 11) is 3.55.